The van der Waals surface area contributed by atoms with Gasteiger partial charge in [0.2, 0.25) is 0 Å². The molecule has 0 spiro atoms. The van der Waals surface area contributed by atoms with Crippen LogP contribution in [0.3, 0.4) is 0 Å². The Kier molecular flexibility index (Phi) is 1.61. The molecule has 0 amide bonds. The summed E-state index contributed by atoms with van der Waals surface area (Å²) in [5.74, 6) is 0.808. The molecule has 0 fully saturated rings. The van der Waals surface area contributed by atoms with Gasteiger partial charge in [-0.2, -0.15) is 0 Å². The van der Waals surface area contributed by atoms with Crippen LogP contribution in [0.15, 0.2) is 41.8 Å². The lowest BCUT2D eigenvalue weighted by molar-refractivity contribution is 1.08. The minimum absolute atomic E-state index is 0.808. The molecule has 0 unspecified atom stereocenters. The fourth-order valence-electron chi connectivity index (χ4n) is 2.44. The maximum Gasteiger partial charge on any atom is 0.159 e. The molecule has 2 aliphatic rings. The Balaban J connectivity index is 2.07. The Hall–Kier alpha value is -2.29. The van der Waals surface area contributed by atoms with Gasteiger partial charge in [0, 0.05) is 18.2 Å². The molecule has 80 valence electrons. The van der Waals surface area contributed by atoms with Gasteiger partial charge >= 0.3 is 0 Å². The Morgan fingerprint density at radius 3 is 3.06 bits per heavy atom. The van der Waals surface area contributed by atoms with Gasteiger partial charge in [-0.15, -0.1) is 0 Å². The van der Waals surface area contributed by atoms with Gasteiger partial charge < -0.3 is 0 Å². The summed E-state index contributed by atoms with van der Waals surface area (Å²) in [5, 5.41) is 2.54. The number of aliphatic imine (C=N–C) groups is 1. The summed E-state index contributed by atoms with van der Waals surface area (Å²) in [5.41, 5.74) is 3.46. The van der Waals surface area contributed by atoms with E-state index in [-0.39, 0.29) is 0 Å². The highest BCUT2D eigenvalue weighted by molar-refractivity contribution is 6.37. The average molecular weight is 219 g/mol. The molecular formula is C14H9N3. The minimum Gasteiger partial charge on any atom is -0.244 e. The number of aromatic nitrogens is 2. The molecule has 3 heteroatoms. The molecule has 1 aromatic heterocycles. The molecule has 0 saturated carbocycles. The number of nitrogens with zero attached hydrogens (tertiary/aromatic N) is 3. The molecule has 2 heterocycles. The summed E-state index contributed by atoms with van der Waals surface area (Å²) < 4.78 is 0. The van der Waals surface area contributed by atoms with Crippen molar-refractivity contribution >= 4 is 23.2 Å². The second-order valence-corrected chi connectivity index (χ2v) is 4.26. The average Bonchev–Trinajstić information content (AvgIpc) is 2.73. The lowest BCUT2D eigenvalue weighted by Gasteiger charge is -2.12. The van der Waals surface area contributed by atoms with Gasteiger partial charge in [-0.3, -0.25) is 0 Å². The number of hydrogen-bond acceptors (Lipinski definition) is 3. The predicted octanol–water partition coefficient (Wildman–Crippen LogP) is 0.750. The molecule has 0 N–H and O–H groups in total. The van der Waals surface area contributed by atoms with Crippen LogP contribution in [0.1, 0.15) is 5.56 Å². The van der Waals surface area contributed by atoms with Crippen LogP contribution >= 0.6 is 0 Å². The predicted molar refractivity (Wildman–Crippen MR) is 66.4 cm³/mol. The summed E-state index contributed by atoms with van der Waals surface area (Å²) in [6, 6.07) is 8.40. The van der Waals surface area contributed by atoms with Gasteiger partial charge in [-0.1, -0.05) is 24.3 Å². The zero-order chi connectivity index (χ0) is 11.2. The van der Waals surface area contributed by atoms with Crippen molar-refractivity contribution in [3.8, 4) is 0 Å². The molecule has 3 nitrogen and oxygen atoms in total. The van der Waals surface area contributed by atoms with E-state index in [2.05, 4.69) is 45.3 Å². The van der Waals surface area contributed by atoms with Crippen molar-refractivity contribution in [3.63, 3.8) is 0 Å². The number of benzene rings is 1. The topological polar surface area (TPSA) is 38.1 Å². The summed E-state index contributed by atoms with van der Waals surface area (Å²) in [7, 11) is 0. The van der Waals surface area contributed by atoms with Gasteiger partial charge in [-0.05, 0) is 22.1 Å². The van der Waals surface area contributed by atoms with Crippen molar-refractivity contribution in [1.29, 1.82) is 0 Å². The van der Waals surface area contributed by atoms with Crippen molar-refractivity contribution in [2.75, 3.05) is 0 Å². The number of fused-ring (bicyclic) bond motifs is 3. The van der Waals surface area contributed by atoms with E-state index in [1.54, 1.807) is 6.33 Å². The first kappa shape index (κ1) is 8.82. The molecule has 0 saturated heterocycles. The maximum absolute atomic E-state index is 4.60. The summed E-state index contributed by atoms with van der Waals surface area (Å²) in [6.45, 7) is 0. The van der Waals surface area contributed by atoms with Crippen molar-refractivity contribution in [3.05, 3.63) is 52.8 Å². The SMILES string of the molecule is C1=c2ccccc2=C2Cc3cncnc3N=C12. The van der Waals surface area contributed by atoms with Crippen LogP contribution in [-0.2, 0) is 6.42 Å². The van der Waals surface area contributed by atoms with E-state index >= 15 is 0 Å². The molecule has 0 bridgehead atoms. The second-order valence-electron chi connectivity index (χ2n) is 4.26. The molecule has 17 heavy (non-hydrogen) atoms. The first-order valence-corrected chi connectivity index (χ1v) is 5.60. The normalized spacial score (nSPS) is 15.5. The molecule has 0 radical (unpaired) electrons. The van der Waals surface area contributed by atoms with Crippen molar-refractivity contribution < 1.29 is 0 Å². The van der Waals surface area contributed by atoms with Gasteiger partial charge in [0.05, 0.1) is 5.71 Å². The van der Waals surface area contributed by atoms with Crippen LogP contribution in [0, 0.1) is 0 Å². The minimum atomic E-state index is 0.808. The smallest absolute Gasteiger partial charge is 0.159 e. The standard InChI is InChI=1S/C14H9N3/c1-2-4-11-9(3-1)6-13-12(11)5-10-7-15-8-16-14(10)17-13/h1-4,6-8H,5H2. The summed E-state index contributed by atoms with van der Waals surface area (Å²) >= 11 is 0. The van der Waals surface area contributed by atoms with Crippen LogP contribution in [0.4, 0.5) is 5.82 Å². The maximum atomic E-state index is 4.60. The number of rotatable bonds is 0. The summed E-state index contributed by atoms with van der Waals surface area (Å²) in [6.07, 6.45) is 6.42. The van der Waals surface area contributed by atoms with Gasteiger partial charge in [0.1, 0.15) is 6.33 Å². The highest BCUT2D eigenvalue weighted by Crippen LogP contribution is 2.26. The van der Waals surface area contributed by atoms with Gasteiger partial charge in [0.15, 0.2) is 5.82 Å². The lowest BCUT2D eigenvalue weighted by Crippen LogP contribution is -2.23. The first-order valence-electron chi connectivity index (χ1n) is 5.60. The Bertz CT molecular complexity index is 772. The van der Waals surface area contributed by atoms with Crippen LogP contribution in [0.25, 0.3) is 11.6 Å². The van der Waals surface area contributed by atoms with E-state index in [0.717, 1.165) is 23.5 Å². The van der Waals surface area contributed by atoms with Crippen molar-refractivity contribution in [2.24, 2.45) is 4.99 Å². The van der Waals surface area contributed by atoms with Crippen molar-refractivity contribution in [2.45, 2.75) is 6.42 Å². The third-order valence-corrected chi connectivity index (χ3v) is 3.25. The fraction of sp³-hybridized carbons (Fsp3) is 0.0714. The quantitative estimate of drug-likeness (QED) is 0.655. The van der Waals surface area contributed by atoms with E-state index in [0.29, 0.717) is 0 Å². The Morgan fingerprint density at radius 2 is 2.06 bits per heavy atom. The van der Waals surface area contributed by atoms with Gasteiger partial charge in [0.25, 0.3) is 0 Å². The molecule has 1 aromatic carbocycles. The van der Waals surface area contributed by atoms with E-state index in [9.17, 15) is 0 Å². The van der Waals surface area contributed by atoms with Gasteiger partial charge in [-0.25, -0.2) is 15.0 Å². The van der Waals surface area contributed by atoms with Crippen LogP contribution in [0.2, 0.25) is 0 Å². The molecule has 0 atom stereocenters. The van der Waals surface area contributed by atoms with E-state index in [1.165, 1.54) is 16.0 Å². The van der Waals surface area contributed by atoms with Crippen molar-refractivity contribution in [1.82, 2.24) is 9.97 Å². The zero-order valence-electron chi connectivity index (χ0n) is 9.09. The van der Waals surface area contributed by atoms with Crippen LogP contribution in [-0.4, -0.2) is 15.7 Å². The van der Waals surface area contributed by atoms with Crippen LogP contribution < -0.4 is 10.4 Å². The third kappa shape index (κ3) is 1.19. The Labute approximate surface area is 97.9 Å². The fourth-order valence-corrected chi connectivity index (χ4v) is 2.44. The van der Waals surface area contributed by atoms with Crippen LogP contribution in [0.5, 0.6) is 0 Å². The third-order valence-electron chi connectivity index (χ3n) is 3.25. The highest BCUT2D eigenvalue weighted by Gasteiger charge is 2.20. The Morgan fingerprint density at radius 1 is 1.12 bits per heavy atom. The summed E-state index contributed by atoms with van der Waals surface area (Å²) in [4.78, 5) is 12.9. The van der Waals surface area contributed by atoms with E-state index in [1.807, 2.05) is 6.20 Å². The first-order chi connectivity index (χ1) is 8.42. The molecular weight excluding hydrogens is 210 g/mol. The zero-order valence-corrected chi connectivity index (χ0v) is 9.09. The van der Waals surface area contributed by atoms with E-state index < -0.39 is 0 Å². The van der Waals surface area contributed by atoms with E-state index in [4.69, 9.17) is 0 Å². The monoisotopic (exact) mass is 219 g/mol. The second kappa shape index (κ2) is 3.10. The molecule has 4 rings (SSSR count). The highest BCUT2D eigenvalue weighted by atomic mass is 15.0. The largest absolute Gasteiger partial charge is 0.244 e. The lowest BCUT2D eigenvalue weighted by atomic mass is 10.0. The molecule has 1 aliphatic heterocycles. The molecule has 2 aromatic rings. The molecule has 1 aliphatic carbocycles. The number of hydrogen-bond donors (Lipinski definition) is 0.